The van der Waals surface area contributed by atoms with Crippen LogP contribution in [-0.4, -0.2) is 69.7 Å². The molecule has 0 radical (unpaired) electrons. The van der Waals surface area contributed by atoms with Gasteiger partial charge in [0, 0.05) is 49.5 Å². The van der Waals surface area contributed by atoms with Crippen LogP contribution in [0.2, 0.25) is 0 Å². The summed E-state index contributed by atoms with van der Waals surface area (Å²) in [6.07, 6.45) is 6.68. The van der Waals surface area contributed by atoms with Crippen molar-refractivity contribution in [3.8, 4) is 0 Å². The highest BCUT2D eigenvalue weighted by Gasteiger charge is 2.34. The highest BCUT2D eigenvalue weighted by molar-refractivity contribution is 5.82. The van der Waals surface area contributed by atoms with Gasteiger partial charge in [0.15, 0.2) is 5.65 Å². The zero-order valence-electron chi connectivity index (χ0n) is 19.6. The van der Waals surface area contributed by atoms with Gasteiger partial charge in [0.2, 0.25) is 5.91 Å². The van der Waals surface area contributed by atoms with Crippen molar-refractivity contribution in [2.24, 2.45) is 11.5 Å². The van der Waals surface area contributed by atoms with Gasteiger partial charge in [-0.15, -0.1) is 0 Å². The number of aryl methyl sites for hydroxylation is 1. The molecular formula is C23H38N8O. The summed E-state index contributed by atoms with van der Waals surface area (Å²) in [5.74, 6) is 1.11. The minimum absolute atomic E-state index is 0.0313. The number of fused-ring (bicyclic) bond motifs is 1. The van der Waals surface area contributed by atoms with Crippen molar-refractivity contribution in [2.45, 2.75) is 77.0 Å². The van der Waals surface area contributed by atoms with Gasteiger partial charge in [0.25, 0.3) is 0 Å². The molecule has 2 unspecified atom stereocenters. The van der Waals surface area contributed by atoms with Crippen molar-refractivity contribution in [1.29, 1.82) is 0 Å². The third-order valence-electron chi connectivity index (χ3n) is 6.63. The average molecular weight is 443 g/mol. The predicted octanol–water partition coefficient (Wildman–Crippen LogP) is 1.34. The van der Waals surface area contributed by atoms with E-state index in [4.69, 9.17) is 21.5 Å². The van der Waals surface area contributed by atoms with E-state index in [2.05, 4.69) is 17.1 Å². The van der Waals surface area contributed by atoms with Gasteiger partial charge in [-0.1, -0.05) is 6.92 Å². The molecule has 4 rings (SSSR count). The number of nitrogens with zero attached hydrogens (tertiary/aromatic N) is 5. The monoisotopic (exact) mass is 442 g/mol. The lowest BCUT2D eigenvalue weighted by atomic mass is 9.97. The Bertz CT molecular complexity index is 941. The van der Waals surface area contributed by atoms with E-state index >= 15 is 0 Å². The summed E-state index contributed by atoms with van der Waals surface area (Å²) >= 11 is 0. The van der Waals surface area contributed by atoms with E-state index in [0.29, 0.717) is 6.42 Å². The second kappa shape index (κ2) is 9.72. The van der Waals surface area contributed by atoms with Crippen molar-refractivity contribution in [3.63, 3.8) is 0 Å². The second-order valence-corrected chi connectivity index (χ2v) is 9.48. The standard InChI is InChI=1S/C23H38N8O/c1-4-26-19(11-16(3)24)23(32)30-9-6-5-7-20(30)18-12-21-27-22(15(2)13-31(21)28-18)29-10-8-17(25)14-29/h12-13,16-17,19-20,26H,4-11,14,24-25H2,1-3H3/t16?,17-,19?,20-/m0/s1. The summed E-state index contributed by atoms with van der Waals surface area (Å²) in [6, 6.07) is 1.92. The summed E-state index contributed by atoms with van der Waals surface area (Å²) in [7, 11) is 0. The fourth-order valence-corrected chi connectivity index (χ4v) is 5.07. The van der Waals surface area contributed by atoms with E-state index in [0.717, 1.165) is 74.6 Å². The summed E-state index contributed by atoms with van der Waals surface area (Å²) < 4.78 is 1.85. The molecule has 5 N–H and O–H groups in total. The number of carbonyl (C=O) groups excluding carboxylic acids is 1. The molecule has 9 heteroatoms. The molecule has 2 aromatic rings. The zero-order valence-corrected chi connectivity index (χ0v) is 19.6. The normalized spacial score (nSPS) is 23.7. The lowest BCUT2D eigenvalue weighted by molar-refractivity contribution is -0.137. The van der Waals surface area contributed by atoms with Crippen LogP contribution < -0.4 is 21.7 Å². The van der Waals surface area contributed by atoms with Crippen LogP contribution in [0.5, 0.6) is 0 Å². The zero-order chi connectivity index (χ0) is 22.8. The number of anilines is 1. The number of nitrogens with two attached hydrogens (primary N) is 2. The maximum Gasteiger partial charge on any atom is 0.240 e. The fraction of sp³-hybridized carbons (Fsp3) is 0.696. The molecule has 2 aromatic heterocycles. The summed E-state index contributed by atoms with van der Waals surface area (Å²) in [5.41, 5.74) is 15.0. The predicted molar refractivity (Wildman–Crippen MR) is 127 cm³/mol. The topological polar surface area (TPSA) is 118 Å². The van der Waals surface area contributed by atoms with Crippen LogP contribution in [0, 0.1) is 6.92 Å². The number of likely N-dealkylation sites (tertiary alicyclic amines) is 1. The van der Waals surface area contributed by atoms with Crippen molar-refractivity contribution in [2.75, 3.05) is 31.1 Å². The largest absolute Gasteiger partial charge is 0.355 e. The molecular weight excluding hydrogens is 404 g/mol. The molecule has 0 bridgehead atoms. The smallest absolute Gasteiger partial charge is 0.240 e. The highest BCUT2D eigenvalue weighted by atomic mass is 16.2. The number of likely N-dealkylation sites (N-methyl/N-ethyl adjacent to an activating group) is 1. The van der Waals surface area contributed by atoms with E-state index in [1.807, 2.05) is 35.5 Å². The van der Waals surface area contributed by atoms with Crippen LogP contribution in [0.15, 0.2) is 12.3 Å². The fourth-order valence-electron chi connectivity index (χ4n) is 5.07. The number of nitrogens with one attached hydrogen (secondary N) is 1. The second-order valence-electron chi connectivity index (χ2n) is 9.48. The van der Waals surface area contributed by atoms with E-state index in [1.165, 1.54) is 0 Å². The average Bonchev–Trinajstić information content (AvgIpc) is 3.37. The first-order chi connectivity index (χ1) is 15.4. The molecule has 0 aromatic carbocycles. The van der Waals surface area contributed by atoms with Crippen molar-refractivity contribution >= 4 is 17.4 Å². The Kier molecular flexibility index (Phi) is 6.97. The SMILES string of the molecule is CCNC(CC(C)N)C(=O)N1CCCC[C@H]1c1cc2nc(N3CC[C@H](N)C3)c(C)cn2n1. The number of hydrogen-bond donors (Lipinski definition) is 3. The van der Waals surface area contributed by atoms with Crippen LogP contribution in [0.4, 0.5) is 5.82 Å². The van der Waals surface area contributed by atoms with Crippen LogP contribution >= 0.6 is 0 Å². The number of rotatable bonds is 7. The molecule has 4 heterocycles. The van der Waals surface area contributed by atoms with Crippen LogP contribution in [0.25, 0.3) is 5.65 Å². The first-order valence-corrected chi connectivity index (χ1v) is 12.0. The molecule has 2 aliphatic heterocycles. The Hall–Kier alpha value is -2.23. The Morgan fingerprint density at radius 2 is 2.12 bits per heavy atom. The first-order valence-electron chi connectivity index (χ1n) is 12.0. The van der Waals surface area contributed by atoms with Crippen molar-refractivity contribution < 1.29 is 4.79 Å². The molecule has 0 aliphatic carbocycles. The van der Waals surface area contributed by atoms with Gasteiger partial charge >= 0.3 is 0 Å². The maximum atomic E-state index is 13.5. The van der Waals surface area contributed by atoms with Crippen LogP contribution in [0.3, 0.4) is 0 Å². The van der Waals surface area contributed by atoms with E-state index in [1.54, 1.807) is 0 Å². The third-order valence-corrected chi connectivity index (χ3v) is 6.63. The summed E-state index contributed by atoms with van der Waals surface area (Å²) in [6.45, 7) is 9.30. The number of piperidine rings is 1. The summed E-state index contributed by atoms with van der Waals surface area (Å²) in [5, 5.41) is 8.19. The number of hydrogen-bond acceptors (Lipinski definition) is 7. The number of carbonyl (C=O) groups is 1. The number of amides is 1. The van der Waals surface area contributed by atoms with Gasteiger partial charge in [0.1, 0.15) is 5.82 Å². The molecule has 176 valence electrons. The third kappa shape index (κ3) is 4.74. The minimum Gasteiger partial charge on any atom is -0.355 e. The maximum absolute atomic E-state index is 13.5. The van der Waals surface area contributed by atoms with Gasteiger partial charge in [-0.2, -0.15) is 5.10 Å². The van der Waals surface area contributed by atoms with Crippen molar-refractivity contribution in [1.82, 2.24) is 24.8 Å². The molecule has 4 atom stereocenters. The quantitative estimate of drug-likeness (QED) is 0.592. The highest BCUT2D eigenvalue weighted by Crippen LogP contribution is 2.32. The molecule has 2 aliphatic rings. The Labute approximate surface area is 190 Å². The lowest BCUT2D eigenvalue weighted by Crippen LogP contribution is -2.51. The lowest BCUT2D eigenvalue weighted by Gasteiger charge is -2.37. The van der Waals surface area contributed by atoms with Gasteiger partial charge < -0.3 is 26.6 Å². The van der Waals surface area contributed by atoms with E-state index < -0.39 is 0 Å². The molecule has 9 nitrogen and oxygen atoms in total. The Morgan fingerprint density at radius 3 is 2.81 bits per heavy atom. The summed E-state index contributed by atoms with van der Waals surface area (Å²) in [4.78, 5) is 22.7. The number of aromatic nitrogens is 3. The van der Waals surface area contributed by atoms with Crippen molar-refractivity contribution in [3.05, 3.63) is 23.5 Å². The molecule has 32 heavy (non-hydrogen) atoms. The van der Waals surface area contributed by atoms with E-state index in [9.17, 15) is 4.79 Å². The van der Waals surface area contributed by atoms with E-state index in [-0.39, 0.29) is 30.1 Å². The van der Waals surface area contributed by atoms with Crippen LogP contribution in [0.1, 0.15) is 63.3 Å². The molecule has 2 saturated heterocycles. The molecule has 0 saturated carbocycles. The van der Waals surface area contributed by atoms with Gasteiger partial charge in [-0.05, 0) is 52.5 Å². The van der Waals surface area contributed by atoms with Gasteiger partial charge in [0.05, 0.1) is 17.8 Å². The first kappa shape index (κ1) is 22.9. The van der Waals surface area contributed by atoms with Gasteiger partial charge in [-0.3, -0.25) is 4.79 Å². The van der Waals surface area contributed by atoms with Gasteiger partial charge in [-0.25, -0.2) is 9.50 Å². The Morgan fingerprint density at radius 1 is 1.31 bits per heavy atom. The molecule has 0 spiro atoms. The molecule has 2 fully saturated rings. The molecule has 1 amide bonds. The Balaban J connectivity index is 1.61. The minimum atomic E-state index is -0.260. The van der Waals surface area contributed by atoms with Crippen LogP contribution in [-0.2, 0) is 4.79 Å².